The molecule has 1 aromatic heterocycles. The second-order valence-electron chi connectivity index (χ2n) is 6.34. The number of rotatable bonds is 6. The third kappa shape index (κ3) is 4.23. The number of phenols is 1. The molecule has 6 heteroatoms. The minimum absolute atomic E-state index is 0.0375. The van der Waals surface area contributed by atoms with Crippen LogP contribution in [0.25, 0.3) is 5.69 Å². The zero-order chi connectivity index (χ0) is 20.1. The molecule has 2 aromatic carbocycles. The molecular formula is C22H23N3O3. The Balaban J connectivity index is 1.76. The monoisotopic (exact) mass is 377 g/mol. The summed E-state index contributed by atoms with van der Waals surface area (Å²) < 4.78 is 7.61. The molecule has 2 N–H and O–H groups in total. The van der Waals surface area contributed by atoms with Gasteiger partial charge in [0.2, 0.25) is 0 Å². The van der Waals surface area contributed by atoms with Gasteiger partial charge in [-0.15, -0.1) is 0 Å². The van der Waals surface area contributed by atoms with Crippen LogP contribution < -0.4 is 10.2 Å². The average molecular weight is 377 g/mol. The number of ether oxygens (including phenoxy) is 1. The molecule has 1 amide bonds. The van der Waals surface area contributed by atoms with Crippen molar-refractivity contribution in [2.75, 3.05) is 6.61 Å². The van der Waals surface area contributed by atoms with Crippen molar-refractivity contribution in [2.45, 2.75) is 20.8 Å². The normalized spacial score (nSPS) is 11.0. The number of nitrogens with one attached hydrogen (secondary N) is 1. The van der Waals surface area contributed by atoms with Crippen molar-refractivity contribution in [2.24, 2.45) is 5.10 Å². The molecule has 28 heavy (non-hydrogen) atoms. The molecular weight excluding hydrogens is 354 g/mol. The van der Waals surface area contributed by atoms with Gasteiger partial charge in [-0.3, -0.25) is 4.79 Å². The van der Waals surface area contributed by atoms with Gasteiger partial charge < -0.3 is 14.4 Å². The molecule has 0 unspecified atom stereocenters. The molecule has 0 aliphatic carbocycles. The van der Waals surface area contributed by atoms with Gasteiger partial charge >= 0.3 is 0 Å². The van der Waals surface area contributed by atoms with Gasteiger partial charge in [0.15, 0.2) is 0 Å². The van der Waals surface area contributed by atoms with Crippen LogP contribution in [0, 0.1) is 13.8 Å². The number of aromatic hydroxyl groups is 1. The molecule has 0 aliphatic heterocycles. The highest BCUT2D eigenvalue weighted by Gasteiger charge is 2.10. The maximum absolute atomic E-state index is 12.1. The highest BCUT2D eigenvalue weighted by molar-refractivity contribution is 5.95. The maximum Gasteiger partial charge on any atom is 0.271 e. The first-order valence-corrected chi connectivity index (χ1v) is 9.04. The van der Waals surface area contributed by atoms with Crippen molar-refractivity contribution in [3.8, 4) is 17.2 Å². The van der Waals surface area contributed by atoms with Gasteiger partial charge in [0.1, 0.15) is 11.5 Å². The van der Waals surface area contributed by atoms with Crippen molar-refractivity contribution in [3.63, 3.8) is 0 Å². The number of aromatic nitrogens is 1. The van der Waals surface area contributed by atoms with Crippen LogP contribution in [0.1, 0.15) is 34.2 Å². The number of phenolic OH excluding ortho intramolecular Hbond substituents is 1. The predicted molar refractivity (Wildman–Crippen MR) is 110 cm³/mol. The van der Waals surface area contributed by atoms with Crippen molar-refractivity contribution >= 4 is 12.1 Å². The summed E-state index contributed by atoms with van der Waals surface area (Å²) in [4.78, 5) is 12.1. The van der Waals surface area contributed by atoms with E-state index in [1.54, 1.807) is 18.3 Å². The summed E-state index contributed by atoms with van der Waals surface area (Å²) in [6, 6.07) is 16.0. The number of carbonyl (C=O) groups excluding carboxylic acids is 1. The lowest BCUT2D eigenvalue weighted by Crippen LogP contribution is -2.17. The third-order valence-corrected chi connectivity index (χ3v) is 4.35. The Bertz CT molecular complexity index is 1000. The lowest BCUT2D eigenvalue weighted by Gasteiger charge is -2.10. The molecule has 6 nitrogen and oxygen atoms in total. The lowest BCUT2D eigenvalue weighted by atomic mass is 10.2. The van der Waals surface area contributed by atoms with Crippen LogP contribution in [-0.4, -0.2) is 28.4 Å². The van der Waals surface area contributed by atoms with E-state index in [1.165, 1.54) is 12.1 Å². The van der Waals surface area contributed by atoms with Gasteiger partial charge in [-0.05, 0) is 69.3 Å². The first-order chi connectivity index (χ1) is 13.5. The van der Waals surface area contributed by atoms with Crippen LogP contribution in [0.3, 0.4) is 0 Å². The fraction of sp³-hybridized carbons (Fsp3) is 0.182. The fourth-order valence-corrected chi connectivity index (χ4v) is 3.05. The van der Waals surface area contributed by atoms with Crippen LogP contribution in [0.2, 0.25) is 0 Å². The van der Waals surface area contributed by atoms with E-state index < -0.39 is 0 Å². The summed E-state index contributed by atoms with van der Waals surface area (Å²) >= 11 is 0. The number of hydrazone groups is 1. The molecule has 3 rings (SSSR count). The topological polar surface area (TPSA) is 75.8 Å². The highest BCUT2D eigenvalue weighted by Crippen LogP contribution is 2.22. The van der Waals surface area contributed by atoms with E-state index in [0.717, 1.165) is 28.4 Å². The minimum Gasteiger partial charge on any atom is -0.508 e. The summed E-state index contributed by atoms with van der Waals surface area (Å²) in [5, 5.41) is 13.5. The third-order valence-electron chi connectivity index (χ3n) is 4.35. The number of aryl methyl sites for hydroxylation is 1. The van der Waals surface area contributed by atoms with E-state index in [9.17, 15) is 9.90 Å². The summed E-state index contributed by atoms with van der Waals surface area (Å²) in [5.74, 6) is 0.494. The molecule has 3 aromatic rings. The van der Waals surface area contributed by atoms with Crippen LogP contribution in [0.15, 0.2) is 59.7 Å². The number of amides is 1. The number of hydrogen-bond acceptors (Lipinski definition) is 4. The molecule has 0 atom stereocenters. The van der Waals surface area contributed by atoms with Crippen LogP contribution in [0.4, 0.5) is 0 Å². The molecule has 0 bridgehead atoms. The van der Waals surface area contributed by atoms with Crippen molar-refractivity contribution in [1.29, 1.82) is 0 Å². The Morgan fingerprint density at radius 2 is 1.93 bits per heavy atom. The second kappa shape index (κ2) is 8.43. The summed E-state index contributed by atoms with van der Waals surface area (Å²) in [5.41, 5.74) is 6.83. The molecule has 0 saturated heterocycles. The Morgan fingerprint density at radius 1 is 1.18 bits per heavy atom. The van der Waals surface area contributed by atoms with Crippen molar-refractivity contribution < 1.29 is 14.6 Å². The molecule has 0 fully saturated rings. The van der Waals surface area contributed by atoms with Gasteiger partial charge in [0.05, 0.1) is 12.8 Å². The Morgan fingerprint density at radius 3 is 2.61 bits per heavy atom. The van der Waals surface area contributed by atoms with Crippen molar-refractivity contribution in [1.82, 2.24) is 9.99 Å². The maximum atomic E-state index is 12.1. The predicted octanol–water partition coefficient (Wildman–Crippen LogP) is 3.96. The molecule has 1 heterocycles. The largest absolute Gasteiger partial charge is 0.508 e. The lowest BCUT2D eigenvalue weighted by molar-refractivity contribution is 0.0954. The number of hydrogen-bond donors (Lipinski definition) is 2. The van der Waals surface area contributed by atoms with Gasteiger partial charge in [-0.1, -0.05) is 6.07 Å². The zero-order valence-corrected chi connectivity index (χ0v) is 16.1. The molecule has 0 radical (unpaired) electrons. The fourth-order valence-electron chi connectivity index (χ4n) is 3.05. The van der Waals surface area contributed by atoms with E-state index >= 15 is 0 Å². The minimum atomic E-state index is -0.382. The number of nitrogens with zero attached hydrogens (tertiary/aromatic N) is 2. The van der Waals surface area contributed by atoms with E-state index in [4.69, 9.17) is 4.74 Å². The van der Waals surface area contributed by atoms with E-state index in [-0.39, 0.29) is 11.7 Å². The standard InChI is InChI=1S/C22H23N3O3/c1-4-28-21-10-8-19(9-11-21)25-15(2)12-18(16(25)3)14-23-24-22(27)17-6-5-7-20(26)13-17/h5-14,26H,4H2,1-3H3,(H,24,27)/b23-14+. The van der Waals surface area contributed by atoms with Crippen LogP contribution in [-0.2, 0) is 0 Å². The first-order valence-electron chi connectivity index (χ1n) is 9.04. The Kier molecular flexibility index (Phi) is 5.79. The summed E-state index contributed by atoms with van der Waals surface area (Å²) in [7, 11) is 0. The molecule has 0 saturated carbocycles. The Hall–Kier alpha value is -3.54. The van der Waals surface area contributed by atoms with E-state index in [0.29, 0.717) is 12.2 Å². The quantitative estimate of drug-likeness (QED) is 0.504. The van der Waals surface area contributed by atoms with Gasteiger partial charge in [0.25, 0.3) is 5.91 Å². The highest BCUT2D eigenvalue weighted by atomic mass is 16.5. The number of benzene rings is 2. The molecule has 0 aliphatic rings. The molecule has 144 valence electrons. The summed E-state index contributed by atoms with van der Waals surface area (Å²) in [6.07, 6.45) is 1.62. The Labute approximate surface area is 164 Å². The SMILES string of the molecule is CCOc1ccc(-n2c(C)cc(/C=N/NC(=O)c3cccc(O)c3)c2C)cc1. The van der Waals surface area contributed by atoms with Gasteiger partial charge in [-0.25, -0.2) is 5.43 Å². The second-order valence-corrected chi connectivity index (χ2v) is 6.34. The smallest absolute Gasteiger partial charge is 0.271 e. The molecule has 0 spiro atoms. The van der Waals surface area contributed by atoms with Crippen molar-refractivity contribution in [3.05, 3.63) is 77.1 Å². The van der Waals surface area contributed by atoms with Crippen LogP contribution >= 0.6 is 0 Å². The van der Waals surface area contributed by atoms with Gasteiger partial charge in [0, 0.05) is 28.2 Å². The van der Waals surface area contributed by atoms with E-state index in [1.807, 2.05) is 51.1 Å². The number of carbonyl (C=O) groups is 1. The average Bonchev–Trinajstić information content (AvgIpc) is 2.96. The van der Waals surface area contributed by atoms with Gasteiger partial charge in [-0.2, -0.15) is 5.10 Å². The van der Waals surface area contributed by atoms with Crippen LogP contribution in [0.5, 0.6) is 11.5 Å². The summed E-state index contributed by atoms with van der Waals surface area (Å²) in [6.45, 7) is 6.61. The first kappa shape index (κ1) is 19.2. The zero-order valence-electron chi connectivity index (χ0n) is 16.1. The van der Waals surface area contributed by atoms with E-state index in [2.05, 4.69) is 15.1 Å².